The van der Waals surface area contributed by atoms with Gasteiger partial charge in [-0.25, -0.2) is 5.43 Å². The summed E-state index contributed by atoms with van der Waals surface area (Å²) in [5.41, 5.74) is 3.72. The Morgan fingerprint density at radius 2 is 2.05 bits per heavy atom. The van der Waals surface area contributed by atoms with Gasteiger partial charge in [-0.15, -0.1) is 0 Å². The lowest BCUT2D eigenvalue weighted by molar-refractivity contribution is -0.122. The molecule has 0 bridgehead atoms. The Kier molecular flexibility index (Phi) is 4.27. The highest BCUT2D eigenvalue weighted by Gasteiger charge is 2.27. The number of hydrazone groups is 1. The molecule has 0 spiro atoms. The first kappa shape index (κ1) is 15.7. The van der Waals surface area contributed by atoms with Crippen LogP contribution in [0.3, 0.4) is 0 Å². The highest BCUT2D eigenvalue weighted by Crippen LogP contribution is 2.20. The first-order chi connectivity index (χ1) is 10.3. The lowest BCUT2D eigenvalue weighted by Gasteiger charge is -2.19. The second-order valence-corrected chi connectivity index (χ2v) is 5.91. The average molecular weight is 298 g/mol. The molecule has 6 nitrogen and oxygen atoms in total. The van der Waals surface area contributed by atoms with Crippen LogP contribution in [0, 0.1) is 22.7 Å². The van der Waals surface area contributed by atoms with Crippen LogP contribution in [0.4, 0.5) is 5.69 Å². The minimum atomic E-state index is -1.08. The van der Waals surface area contributed by atoms with Crippen molar-refractivity contribution >= 4 is 23.2 Å². The number of hydrogen-bond donors (Lipinski definition) is 2. The van der Waals surface area contributed by atoms with Gasteiger partial charge < -0.3 is 5.32 Å². The topological polar surface area (TPSA) is 94.3 Å². The summed E-state index contributed by atoms with van der Waals surface area (Å²) in [7, 11) is 0. The zero-order chi connectivity index (χ0) is 16.3. The molecule has 1 atom stereocenters. The standard InChI is InChI=1S/C16H18N4O2/c1-10-8-13(21)19-20-14(10)11-4-6-12(7-5-11)18-15(22)16(2,3)9-17/h4-7,10H,8H2,1-3H3,(H,18,22)(H,19,21). The number of benzene rings is 1. The largest absolute Gasteiger partial charge is 0.325 e. The van der Waals surface area contributed by atoms with Crippen LogP contribution in [0.2, 0.25) is 0 Å². The van der Waals surface area contributed by atoms with Crippen LogP contribution in [0.5, 0.6) is 0 Å². The van der Waals surface area contributed by atoms with Gasteiger partial charge >= 0.3 is 0 Å². The molecule has 0 saturated heterocycles. The van der Waals surface area contributed by atoms with Crippen molar-refractivity contribution < 1.29 is 9.59 Å². The van der Waals surface area contributed by atoms with E-state index in [1.807, 2.05) is 25.1 Å². The van der Waals surface area contributed by atoms with Gasteiger partial charge in [0.2, 0.25) is 11.8 Å². The van der Waals surface area contributed by atoms with Crippen molar-refractivity contribution in [1.82, 2.24) is 5.43 Å². The van der Waals surface area contributed by atoms with E-state index in [4.69, 9.17) is 5.26 Å². The second kappa shape index (κ2) is 5.98. The number of rotatable bonds is 3. The minimum Gasteiger partial charge on any atom is -0.325 e. The third-order valence-corrected chi connectivity index (χ3v) is 3.55. The van der Waals surface area contributed by atoms with Gasteiger partial charge in [0.05, 0.1) is 11.8 Å². The molecule has 114 valence electrons. The summed E-state index contributed by atoms with van der Waals surface area (Å²) in [4.78, 5) is 23.2. The summed E-state index contributed by atoms with van der Waals surface area (Å²) in [6.07, 6.45) is 0.410. The molecule has 2 amide bonds. The first-order valence-corrected chi connectivity index (χ1v) is 7.03. The molecule has 22 heavy (non-hydrogen) atoms. The Balaban J connectivity index is 2.13. The van der Waals surface area contributed by atoms with E-state index in [2.05, 4.69) is 15.8 Å². The summed E-state index contributed by atoms with van der Waals surface area (Å²) in [6.45, 7) is 5.08. The number of carbonyl (C=O) groups is 2. The number of nitriles is 1. The van der Waals surface area contributed by atoms with Gasteiger partial charge in [0.25, 0.3) is 0 Å². The molecular weight excluding hydrogens is 280 g/mol. The van der Waals surface area contributed by atoms with Gasteiger partial charge in [-0.05, 0) is 31.5 Å². The molecule has 0 radical (unpaired) electrons. The predicted molar refractivity (Wildman–Crippen MR) is 82.9 cm³/mol. The number of hydrogen-bond acceptors (Lipinski definition) is 4. The number of amides is 2. The Morgan fingerprint density at radius 3 is 2.59 bits per heavy atom. The quantitative estimate of drug-likeness (QED) is 0.894. The maximum Gasteiger partial charge on any atom is 0.244 e. The SMILES string of the molecule is CC1CC(=O)NN=C1c1ccc(NC(=O)C(C)(C)C#N)cc1. The molecule has 0 aliphatic carbocycles. The average Bonchev–Trinajstić information content (AvgIpc) is 2.48. The third-order valence-electron chi connectivity index (χ3n) is 3.55. The van der Waals surface area contributed by atoms with Gasteiger partial charge in [0, 0.05) is 18.0 Å². The van der Waals surface area contributed by atoms with Gasteiger partial charge in [-0.2, -0.15) is 10.4 Å². The zero-order valence-corrected chi connectivity index (χ0v) is 12.8. The van der Waals surface area contributed by atoms with Crippen molar-refractivity contribution in [1.29, 1.82) is 5.26 Å². The van der Waals surface area contributed by atoms with Crippen LogP contribution in [-0.4, -0.2) is 17.5 Å². The molecule has 1 heterocycles. The van der Waals surface area contributed by atoms with E-state index in [1.165, 1.54) is 0 Å². The smallest absolute Gasteiger partial charge is 0.244 e. The fraction of sp³-hybridized carbons (Fsp3) is 0.375. The molecule has 1 aliphatic rings. The maximum absolute atomic E-state index is 11.9. The number of nitrogens with zero attached hydrogens (tertiary/aromatic N) is 2. The fourth-order valence-corrected chi connectivity index (χ4v) is 2.06. The van der Waals surface area contributed by atoms with Crippen molar-refractivity contribution in [2.45, 2.75) is 27.2 Å². The minimum absolute atomic E-state index is 0.0479. The zero-order valence-electron chi connectivity index (χ0n) is 12.8. The molecule has 0 aromatic heterocycles. The van der Waals surface area contributed by atoms with E-state index in [1.54, 1.807) is 26.0 Å². The molecule has 1 aromatic rings. The molecule has 0 fully saturated rings. The lowest BCUT2D eigenvalue weighted by Crippen LogP contribution is -2.32. The van der Waals surface area contributed by atoms with Crippen LogP contribution >= 0.6 is 0 Å². The van der Waals surface area contributed by atoms with E-state index in [9.17, 15) is 9.59 Å². The Morgan fingerprint density at radius 1 is 1.41 bits per heavy atom. The predicted octanol–water partition coefficient (Wildman–Crippen LogP) is 2.03. The Bertz CT molecular complexity index is 668. The van der Waals surface area contributed by atoms with Crippen molar-refractivity contribution in [3.8, 4) is 6.07 Å². The fourth-order valence-electron chi connectivity index (χ4n) is 2.06. The van der Waals surface area contributed by atoms with Crippen molar-refractivity contribution in [2.24, 2.45) is 16.4 Å². The lowest BCUT2D eigenvalue weighted by atomic mass is 9.93. The number of anilines is 1. The van der Waals surface area contributed by atoms with Crippen LogP contribution in [-0.2, 0) is 9.59 Å². The Labute approximate surface area is 129 Å². The van der Waals surface area contributed by atoms with Gasteiger partial charge in [0.1, 0.15) is 5.41 Å². The second-order valence-electron chi connectivity index (χ2n) is 5.91. The molecular formula is C16H18N4O2. The van der Waals surface area contributed by atoms with Crippen molar-refractivity contribution in [3.05, 3.63) is 29.8 Å². The van der Waals surface area contributed by atoms with Crippen molar-refractivity contribution in [2.75, 3.05) is 5.32 Å². The monoisotopic (exact) mass is 298 g/mol. The van der Waals surface area contributed by atoms with Crippen molar-refractivity contribution in [3.63, 3.8) is 0 Å². The Hall–Kier alpha value is -2.68. The van der Waals surface area contributed by atoms with Gasteiger partial charge in [0.15, 0.2) is 0 Å². The molecule has 1 aliphatic heterocycles. The maximum atomic E-state index is 11.9. The first-order valence-electron chi connectivity index (χ1n) is 7.03. The summed E-state index contributed by atoms with van der Waals surface area (Å²) in [5.74, 6) is -0.385. The number of nitrogens with one attached hydrogen (secondary N) is 2. The van der Waals surface area contributed by atoms with Crippen LogP contribution in [0.15, 0.2) is 29.4 Å². The molecule has 1 aromatic carbocycles. The van der Waals surface area contributed by atoms with Crippen LogP contribution < -0.4 is 10.7 Å². The molecule has 6 heteroatoms. The summed E-state index contributed by atoms with van der Waals surface area (Å²) in [6, 6.07) is 9.15. The van der Waals surface area contributed by atoms with Crippen LogP contribution in [0.25, 0.3) is 0 Å². The van der Waals surface area contributed by atoms with E-state index in [0.717, 1.165) is 11.3 Å². The summed E-state index contributed by atoms with van der Waals surface area (Å²) < 4.78 is 0. The molecule has 1 unspecified atom stereocenters. The van der Waals surface area contributed by atoms with Gasteiger partial charge in [-0.1, -0.05) is 19.1 Å². The number of carbonyl (C=O) groups excluding carboxylic acids is 2. The third kappa shape index (κ3) is 3.31. The molecule has 0 saturated carbocycles. The summed E-state index contributed by atoms with van der Waals surface area (Å²) in [5, 5.41) is 15.7. The highest BCUT2D eigenvalue weighted by molar-refractivity contribution is 6.06. The van der Waals surface area contributed by atoms with E-state index in [-0.39, 0.29) is 17.7 Å². The normalized spacial score (nSPS) is 18.0. The molecule has 2 N–H and O–H groups in total. The van der Waals surface area contributed by atoms with E-state index < -0.39 is 5.41 Å². The summed E-state index contributed by atoms with van der Waals surface area (Å²) >= 11 is 0. The van der Waals surface area contributed by atoms with Gasteiger partial charge in [-0.3, -0.25) is 9.59 Å². The van der Waals surface area contributed by atoms with E-state index >= 15 is 0 Å². The van der Waals surface area contributed by atoms with E-state index in [0.29, 0.717) is 12.1 Å². The highest BCUT2D eigenvalue weighted by atomic mass is 16.2. The van der Waals surface area contributed by atoms with Crippen LogP contribution in [0.1, 0.15) is 32.8 Å². The molecule has 2 rings (SSSR count).